The van der Waals surface area contributed by atoms with Crippen LogP contribution in [0.15, 0.2) is 53.9 Å². The van der Waals surface area contributed by atoms with E-state index in [1.807, 2.05) is 17.2 Å². The number of ketones is 1. The van der Waals surface area contributed by atoms with Crippen molar-refractivity contribution in [1.82, 2.24) is 9.88 Å². The molecule has 0 radical (unpaired) electrons. The van der Waals surface area contributed by atoms with Crippen molar-refractivity contribution in [2.24, 2.45) is 11.8 Å². The van der Waals surface area contributed by atoms with Crippen LogP contribution < -0.4 is 0 Å². The van der Waals surface area contributed by atoms with E-state index in [1.54, 1.807) is 47.7 Å². The smallest absolute Gasteiger partial charge is 0.254 e. The first-order valence-electron chi connectivity index (χ1n) is 13.7. The number of Topliss-reactive ketones (excluding diaryl/α,β-unsaturated/α-hetero) is 1. The van der Waals surface area contributed by atoms with Crippen molar-refractivity contribution >= 4 is 23.0 Å². The molecule has 2 aliphatic rings. The standard InChI is InChI=1S/C31H35FN2O3S/c1-20-19-38-30(33-20)27-10-5-15-34(27)31(37)24-9-4-8-23(17-24)28(35)18-25(29(36)22-6-2-3-7-22)16-21-11-13-26(32)14-12-21/h4,8-9,11-14,17,19,22,25,27,29,36H,2-3,5-7,10,15-16,18H2,1H3/t25-,27-,29-/m1/s1. The van der Waals surface area contributed by atoms with Crippen LogP contribution in [-0.2, 0) is 6.42 Å². The van der Waals surface area contributed by atoms with Gasteiger partial charge in [-0.3, -0.25) is 9.59 Å². The summed E-state index contributed by atoms with van der Waals surface area (Å²) in [6, 6.07) is 13.3. The number of nitrogens with zero attached hydrogens (tertiary/aromatic N) is 2. The summed E-state index contributed by atoms with van der Waals surface area (Å²) in [4.78, 5) is 33.5. The molecule has 0 spiro atoms. The van der Waals surface area contributed by atoms with E-state index in [4.69, 9.17) is 0 Å². The number of rotatable bonds is 9. The van der Waals surface area contributed by atoms with Crippen LogP contribution >= 0.6 is 11.3 Å². The predicted octanol–water partition coefficient (Wildman–Crippen LogP) is 6.55. The molecule has 1 aliphatic heterocycles. The highest BCUT2D eigenvalue weighted by atomic mass is 32.1. The summed E-state index contributed by atoms with van der Waals surface area (Å²) in [7, 11) is 0. The van der Waals surface area contributed by atoms with Crippen LogP contribution in [0.25, 0.3) is 0 Å². The molecule has 1 aromatic heterocycles. The van der Waals surface area contributed by atoms with E-state index in [1.165, 1.54) is 12.1 Å². The predicted molar refractivity (Wildman–Crippen MR) is 147 cm³/mol. The van der Waals surface area contributed by atoms with E-state index in [2.05, 4.69) is 4.98 Å². The molecule has 2 fully saturated rings. The van der Waals surface area contributed by atoms with Gasteiger partial charge in [-0.15, -0.1) is 11.3 Å². The first-order valence-corrected chi connectivity index (χ1v) is 14.6. The number of benzene rings is 2. The molecule has 1 saturated heterocycles. The van der Waals surface area contributed by atoms with Crippen molar-refractivity contribution in [1.29, 1.82) is 0 Å². The lowest BCUT2D eigenvalue weighted by Crippen LogP contribution is -2.32. The van der Waals surface area contributed by atoms with E-state index >= 15 is 0 Å². The van der Waals surface area contributed by atoms with Gasteiger partial charge in [0.1, 0.15) is 10.8 Å². The maximum absolute atomic E-state index is 13.5. The second-order valence-corrected chi connectivity index (χ2v) is 11.7. The number of hydrogen-bond donors (Lipinski definition) is 1. The van der Waals surface area contributed by atoms with E-state index in [0.29, 0.717) is 24.1 Å². The molecule has 0 unspecified atom stereocenters. The Bertz CT molecular complexity index is 1270. The number of likely N-dealkylation sites (tertiary alicyclic amines) is 1. The van der Waals surface area contributed by atoms with Crippen molar-refractivity contribution in [3.8, 4) is 0 Å². The van der Waals surface area contributed by atoms with Crippen LogP contribution in [0.4, 0.5) is 4.39 Å². The van der Waals surface area contributed by atoms with Gasteiger partial charge in [-0.05, 0) is 80.7 Å². The monoisotopic (exact) mass is 534 g/mol. The SMILES string of the molecule is Cc1csc([C@H]2CCCN2C(=O)c2cccc(C(=O)C[C@@H](Cc3ccc(F)cc3)[C@H](O)C3CCCC3)c2)n1. The molecule has 5 rings (SSSR count). The lowest BCUT2D eigenvalue weighted by Gasteiger charge is -2.27. The lowest BCUT2D eigenvalue weighted by atomic mass is 9.81. The number of carbonyl (C=O) groups excluding carboxylic acids is 2. The topological polar surface area (TPSA) is 70.5 Å². The summed E-state index contributed by atoms with van der Waals surface area (Å²) in [6.45, 7) is 2.64. The van der Waals surface area contributed by atoms with Crippen LogP contribution in [-0.4, -0.2) is 39.3 Å². The van der Waals surface area contributed by atoms with Gasteiger partial charge < -0.3 is 10.0 Å². The molecule has 1 aliphatic carbocycles. The van der Waals surface area contributed by atoms with E-state index < -0.39 is 6.10 Å². The number of aliphatic hydroxyl groups is 1. The van der Waals surface area contributed by atoms with Gasteiger partial charge in [-0.1, -0.05) is 37.1 Å². The van der Waals surface area contributed by atoms with Gasteiger partial charge in [-0.25, -0.2) is 9.37 Å². The molecule has 0 bridgehead atoms. The van der Waals surface area contributed by atoms with Gasteiger partial charge in [0.15, 0.2) is 5.78 Å². The highest BCUT2D eigenvalue weighted by molar-refractivity contribution is 7.09. The zero-order valence-corrected chi connectivity index (χ0v) is 22.6. The molecule has 200 valence electrons. The van der Waals surface area contributed by atoms with Crippen molar-refractivity contribution in [2.45, 2.75) is 70.4 Å². The van der Waals surface area contributed by atoms with Gasteiger partial charge in [0.05, 0.1) is 12.1 Å². The summed E-state index contributed by atoms with van der Waals surface area (Å²) in [5.41, 5.74) is 2.86. The molecule has 5 nitrogen and oxygen atoms in total. The number of amides is 1. The fourth-order valence-electron chi connectivity index (χ4n) is 6.06. The molecule has 1 amide bonds. The van der Waals surface area contributed by atoms with Crippen molar-refractivity contribution in [2.75, 3.05) is 6.54 Å². The van der Waals surface area contributed by atoms with Gasteiger partial charge in [0, 0.05) is 35.2 Å². The fourth-order valence-corrected chi connectivity index (χ4v) is 7.00. The zero-order valence-electron chi connectivity index (χ0n) is 21.8. The van der Waals surface area contributed by atoms with Crippen LogP contribution in [0.2, 0.25) is 0 Å². The zero-order chi connectivity index (χ0) is 26.6. The van der Waals surface area contributed by atoms with Crippen molar-refractivity contribution in [3.63, 3.8) is 0 Å². The minimum atomic E-state index is -0.594. The van der Waals surface area contributed by atoms with E-state index in [0.717, 1.165) is 54.8 Å². The molecule has 38 heavy (non-hydrogen) atoms. The minimum Gasteiger partial charge on any atom is -0.393 e. The lowest BCUT2D eigenvalue weighted by molar-refractivity contribution is 0.0456. The van der Waals surface area contributed by atoms with Crippen LogP contribution in [0, 0.1) is 24.6 Å². The van der Waals surface area contributed by atoms with Gasteiger partial charge >= 0.3 is 0 Å². The minimum absolute atomic E-state index is 0.0257. The van der Waals surface area contributed by atoms with E-state index in [-0.39, 0.29) is 41.8 Å². The molecule has 2 aromatic carbocycles. The van der Waals surface area contributed by atoms with Gasteiger partial charge in [0.2, 0.25) is 0 Å². The third-order valence-corrected chi connectivity index (χ3v) is 9.16. The number of aromatic nitrogens is 1. The summed E-state index contributed by atoms with van der Waals surface area (Å²) < 4.78 is 13.5. The van der Waals surface area contributed by atoms with Crippen molar-refractivity contribution in [3.05, 3.63) is 87.1 Å². The first kappa shape index (κ1) is 26.7. The Labute approximate surface area is 227 Å². The number of halogens is 1. The van der Waals surface area contributed by atoms with Crippen LogP contribution in [0.3, 0.4) is 0 Å². The molecule has 7 heteroatoms. The number of thiazole rings is 1. The molecule has 3 aromatic rings. The Morgan fingerprint density at radius 1 is 1.08 bits per heavy atom. The van der Waals surface area contributed by atoms with Crippen molar-refractivity contribution < 1.29 is 19.1 Å². The first-order chi connectivity index (χ1) is 18.4. The normalized spacial score (nSPS) is 19.6. The molecule has 3 atom stereocenters. The Kier molecular flexibility index (Phi) is 8.34. The Morgan fingerprint density at radius 2 is 1.82 bits per heavy atom. The second-order valence-electron chi connectivity index (χ2n) is 10.8. The summed E-state index contributed by atoms with van der Waals surface area (Å²) in [5, 5.41) is 14.2. The molecular weight excluding hydrogens is 499 g/mol. The number of hydrogen-bond acceptors (Lipinski definition) is 5. The van der Waals surface area contributed by atoms with E-state index in [9.17, 15) is 19.1 Å². The van der Waals surface area contributed by atoms with Crippen LogP contribution in [0.1, 0.15) is 88.0 Å². The average molecular weight is 535 g/mol. The quantitative estimate of drug-likeness (QED) is 0.316. The second kappa shape index (κ2) is 11.9. The Hall–Kier alpha value is -2.90. The third kappa shape index (κ3) is 6.05. The maximum Gasteiger partial charge on any atom is 0.254 e. The summed E-state index contributed by atoms with van der Waals surface area (Å²) in [5.74, 6) is -0.556. The third-order valence-electron chi connectivity index (χ3n) is 8.09. The fraction of sp³-hybridized carbons (Fsp3) is 0.452. The Balaban J connectivity index is 1.32. The number of aryl methyl sites for hydroxylation is 1. The largest absolute Gasteiger partial charge is 0.393 e. The van der Waals surface area contributed by atoms with Gasteiger partial charge in [0.25, 0.3) is 5.91 Å². The maximum atomic E-state index is 13.5. The average Bonchev–Trinajstić information content (AvgIpc) is 3.71. The molecule has 2 heterocycles. The van der Waals surface area contributed by atoms with Gasteiger partial charge in [-0.2, -0.15) is 0 Å². The molecule has 1 N–H and O–H groups in total. The number of aliphatic hydroxyl groups excluding tert-OH is 1. The highest BCUT2D eigenvalue weighted by Crippen LogP contribution is 2.36. The highest BCUT2D eigenvalue weighted by Gasteiger charge is 2.34. The van der Waals surface area contributed by atoms with Crippen LogP contribution in [0.5, 0.6) is 0 Å². The molecule has 1 saturated carbocycles. The number of carbonyl (C=O) groups is 2. The Morgan fingerprint density at radius 3 is 2.53 bits per heavy atom. The summed E-state index contributed by atoms with van der Waals surface area (Å²) in [6.07, 6.45) is 6.04. The molecular formula is C31H35FN2O3S. The summed E-state index contributed by atoms with van der Waals surface area (Å²) >= 11 is 1.59.